The van der Waals surface area contributed by atoms with Crippen LogP contribution in [0.15, 0.2) is 48.7 Å². The molecule has 1 heterocycles. The number of nitrogens with zero attached hydrogens (tertiary/aromatic N) is 1. The fourth-order valence-corrected chi connectivity index (χ4v) is 2.15. The standard InChI is InChI=1S/C15H10F3N/c16-12-8-14(18)13(17)7-11(12)9-19-6-5-10-3-1-2-4-15(10)19/h1-8H,9H2. The summed E-state index contributed by atoms with van der Waals surface area (Å²) in [6.45, 7) is 0.163. The summed E-state index contributed by atoms with van der Waals surface area (Å²) >= 11 is 0. The lowest BCUT2D eigenvalue weighted by Crippen LogP contribution is -2.02. The molecule has 0 aliphatic carbocycles. The molecule has 0 aliphatic heterocycles. The van der Waals surface area contributed by atoms with E-state index in [4.69, 9.17) is 0 Å². The number of hydrogen-bond donors (Lipinski definition) is 0. The Bertz CT molecular complexity index is 746. The molecule has 3 rings (SSSR count). The lowest BCUT2D eigenvalue weighted by Gasteiger charge is -2.07. The zero-order valence-electron chi connectivity index (χ0n) is 9.91. The number of aromatic nitrogens is 1. The number of fused-ring (bicyclic) bond motifs is 1. The number of benzene rings is 2. The van der Waals surface area contributed by atoms with Crippen molar-refractivity contribution in [2.75, 3.05) is 0 Å². The van der Waals surface area contributed by atoms with Gasteiger partial charge in [0.25, 0.3) is 0 Å². The molecule has 1 aromatic heterocycles. The largest absolute Gasteiger partial charge is 0.343 e. The van der Waals surface area contributed by atoms with Gasteiger partial charge in [0.05, 0.1) is 6.54 Å². The molecule has 0 radical (unpaired) electrons. The van der Waals surface area contributed by atoms with Crippen molar-refractivity contribution in [2.45, 2.75) is 6.54 Å². The summed E-state index contributed by atoms with van der Waals surface area (Å²) in [6, 6.07) is 11.0. The first-order valence-corrected chi connectivity index (χ1v) is 5.82. The first-order valence-electron chi connectivity index (χ1n) is 5.82. The molecule has 0 unspecified atom stereocenters. The molecule has 0 atom stereocenters. The van der Waals surface area contributed by atoms with Gasteiger partial charge in [0.15, 0.2) is 11.6 Å². The van der Waals surface area contributed by atoms with Crippen LogP contribution in [0.4, 0.5) is 13.2 Å². The molecule has 96 valence electrons. The fourth-order valence-electron chi connectivity index (χ4n) is 2.15. The van der Waals surface area contributed by atoms with Crippen LogP contribution in [-0.2, 0) is 6.54 Å². The highest BCUT2D eigenvalue weighted by Gasteiger charge is 2.11. The molecule has 0 spiro atoms. The van der Waals surface area contributed by atoms with Crippen LogP contribution in [0.3, 0.4) is 0 Å². The lowest BCUT2D eigenvalue weighted by atomic mass is 10.2. The van der Waals surface area contributed by atoms with Crippen LogP contribution in [0.5, 0.6) is 0 Å². The van der Waals surface area contributed by atoms with Crippen molar-refractivity contribution in [3.05, 3.63) is 71.7 Å². The summed E-state index contributed by atoms with van der Waals surface area (Å²) < 4.78 is 41.4. The summed E-state index contributed by atoms with van der Waals surface area (Å²) in [5.41, 5.74) is 1.05. The Balaban J connectivity index is 2.04. The first-order chi connectivity index (χ1) is 9.15. The summed E-state index contributed by atoms with van der Waals surface area (Å²) in [6.07, 6.45) is 1.80. The molecule has 2 aromatic carbocycles. The van der Waals surface area contributed by atoms with Crippen molar-refractivity contribution in [3.63, 3.8) is 0 Å². The van der Waals surface area contributed by atoms with Gasteiger partial charge in [-0.1, -0.05) is 18.2 Å². The van der Waals surface area contributed by atoms with Crippen LogP contribution in [0.1, 0.15) is 5.56 Å². The van der Waals surface area contributed by atoms with Gasteiger partial charge >= 0.3 is 0 Å². The van der Waals surface area contributed by atoms with Crippen molar-refractivity contribution in [1.29, 1.82) is 0 Å². The van der Waals surface area contributed by atoms with Crippen molar-refractivity contribution in [1.82, 2.24) is 4.57 Å². The van der Waals surface area contributed by atoms with E-state index in [1.807, 2.05) is 30.3 Å². The topological polar surface area (TPSA) is 4.93 Å². The van der Waals surface area contributed by atoms with Gasteiger partial charge in [-0.15, -0.1) is 0 Å². The van der Waals surface area contributed by atoms with Crippen LogP contribution in [0.2, 0.25) is 0 Å². The van der Waals surface area contributed by atoms with Gasteiger partial charge in [-0.3, -0.25) is 0 Å². The van der Waals surface area contributed by atoms with Gasteiger partial charge in [-0.25, -0.2) is 13.2 Å². The van der Waals surface area contributed by atoms with Crippen molar-refractivity contribution >= 4 is 10.9 Å². The zero-order valence-corrected chi connectivity index (χ0v) is 9.91. The number of hydrogen-bond acceptors (Lipinski definition) is 0. The molecule has 0 saturated heterocycles. The van der Waals surface area contributed by atoms with Crippen LogP contribution >= 0.6 is 0 Å². The van der Waals surface area contributed by atoms with E-state index in [9.17, 15) is 13.2 Å². The highest BCUT2D eigenvalue weighted by molar-refractivity contribution is 5.80. The highest BCUT2D eigenvalue weighted by Crippen LogP contribution is 2.19. The van der Waals surface area contributed by atoms with Gasteiger partial charge < -0.3 is 4.57 Å². The summed E-state index contributed by atoms with van der Waals surface area (Å²) in [7, 11) is 0. The quantitative estimate of drug-likeness (QED) is 0.612. The summed E-state index contributed by atoms with van der Waals surface area (Å²) in [5.74, 6) is -2.94. The summed E-state index contributed by atoms with van der Waals surface area (Å²) in [4.78, 5) is 0. The molecule has 0 saturated carbocycles. The molecular weight excluding hydrogens is 251 g/mol. The Kier molecular flexibility index (Phi) is 2.78. The van der Waals surface area contributed by atoms with E-state index in [-0.39, 0.29) is 12.1 Å². The van der Waals surface area contributed by atoms with Crippen LogP contribution in [0, 0.1) is 17.5 Å². The van der Waals surface area contributed by atoms with Crippen LogP contribution < -0.4 is 0 Å². The molecule has 1 nitrogen and oxygen atoms in total. The van der Waals surface area contributed by atoms with Gasteiger partial charge in [0, 0.05) is 23.3 Å². The third-order valence-corrected chi connectivity index (χ3v) is 3.11. The molecule has 0 fully saturated rings. The molecular formula is C15H10F3N. The predicted octanol–water partition coefficient (Wildman–Crippen LogP) is 4.11. The Morgan fingerprint density at radius 2 is 1.58 bits per heavy atom. The number of rotatable bonds is 2. The maximum absolute atomic E-state index is 13.6. The monoisotopic (exact) mass is 261 g/mol. The fraction of sp³-hybridized carbons (Fsp3) is 0.0667. The lowest BCUT2D eigenvalue weighted by molar-refractivity contribution is 0.488. The molecule has 0 bridgehead atoms. The molecule has 0 N–H and O–H groups in total. The average molecular weight is 261 g/mol. The minimum Gasteiger partial charge on any atom is -0.343 e. The normalized spacial score (nSPS) is 11.1. The van der Waals surface area contributed by atoms with Crippen LogP contribution in [-0.4, -0.2) is 4.57 Å². The third kappa shape index (κ3) is 2.10. The van der Waals surface area contributed by atoms with Crippen LogP contribution in [0.25, 0.3) is 10.9 Å². The first kappa shape index (κ1) is 11.8. The second kappa shape index (κ2) is 4.46. The molecule has 0 amide bonds. The van der Waals surface area contributed by atoms with Crippen molar-refractivity contribution < 1.29 is 13.2 Å². The predicted molar refractivity (Wildman–Crippen MR) is 67.4 cm³/mol. The van der Waals surface area contributed by atoms with E-state index in [1.54, 1.807) is 10.8 Å². The SMILES string of the molecule is Fc1cc(F)c(Cn2ccc3ccccc32)cc1F. The number of para-hydroxylation sites is 1. The summed E-state index contributed by atoms with van der Waals surface area (Å²) in [5, 5.41) is 1.02. The Morgan fingerprint density at radius 1 is 0.842 bits per heavy atom. The Morgan fingerprint density at radius 3 is 2.42 bits per heavy atom. The molecule has 3 aromatic rings. The molecule has 19 heavy (non-hydrogen) atoms. The zero-order chi connectivity index (χ0) is 13.4. The molecule has 0 aliphatic rings. The van der Waals surface area contributed by atoms with Crippen molar-refractivity contribution in [2.24, 2.45) is 0 Å². The highest BCUT2D eigenvalue weighted by atomic mass is 19.2. The minimum absolute atomic E-state index is 0.125. The van der Waals surface area contributed by atoms with E-state index >= 15 is 0 Å². The maximum Gasteiger partial charge on any atom is 0.161 e. The number of halogens is 3. The Labute approximate surface area is 107 Å². The van der Waals surface area contributed by atoms with E-state index < -0.39 is 17.5 Å². The van der Waals surface area contributed by atoms with E-state index in [2.05, 4.69) is 0 Å². The smallest absolute Gasteiger partial charge is 0.161 e. The van der Waals surface area contributed by atoms with Crippen molar-refractivity contribution in [3.8, 4) is 0 Å². The second-order valence-electron chi connectivity index (χ2n) is 4.36. The van der Waals surface area contributed by atoms with Gasteiger partial charge in [0.1, 0.15) is 5.82 Å². The van der Waals surface area contributed by atoms with Gasteiger partial charge in [0.2, 0.25) is 0 Å². The average Bonchev–Trinajstić information content (AvgIpc) is 2.80. The van der Waals surface area contributed by atoms with Gasteiger partial charge in [-0.2, -0.15) is 0 Å². The Hall–Kier alpha value is -2.23. The second-order valence-corrected chi connectivity index (χ2v) is 4.36. The third-order valence-electron chi connectivity index (χ3n) is 3.11. The van der Waals surface area contributed by atoms with E-state index in [1.165, 1.54) is 0 Å². The van der Waals surface area contributed by atoms with E-state index in [0.29, 0.717) is 6.07 Å². The van der Waals surface area contributed by atoms with E-state index in [0.717, 1.165) is 17.0 Å². The maximum atomic E-state index is 13.6. The van der Waals surface area contributed by atoms with Gasteiger partial charge in [-0.05, 0) is 23.6 Å². The molecule has 4 heteroatoms. The minimum atomic E-state index is -1.17.